The summed E-state index contributed by atoms with van der Waals surface area (Å²) in [6, 6.07) is 6.59. The smallest absolute Gasteiger partial charge is 0.0648 e. The molecule has 0 bridgehead atoms. The van der Waals surface area contributed by atoms with Crippen molar-refractivity contribution in [3.8, 4) is 0 Å². The Morgan fingerprint density at radius 2 is 2.18 bits per heavy atom. The van der Waals surface area contributed by atoms with Crippen LogP contribution < -0.4 is 4.90 Å². The summed E-state index contributed by atoms with van der Waals surface area (Å²) >= 11 is 3.57. The van der Waals surface area contributed by atoms with Gasteiger partial charge in [-0.3, -0.25) is 0 Å². The Kier molecular flexibility index (Phi) is 4.07. The molecule has 1 heterocycles. The van der Waals surface area contributed by atoms with E-state index >= 15 is 0 Å². The first-order valence-electron chi connectivity index (χ1n) is 5.94. The molecule has 1 N–H and O–H groups in total. The minimum absolute atomic E-state index is 0.198. The average molecular weight is 299 g/mol. The van der Waals surface area contributed by atoms with E-state index in [9.17, 15) is 5.11 Å². The second-order valence-electron chi connectivity index (χ2n) is 4.73. The number of rotatable bonds is 2. The van der Waals surface area contributed by atoms with Crippen molar-refractivity contribution in [1.29, 1.82) is 0 Å². The summed E-state index contributed by atoms with van der Waals surface area (Å²) in [6.07, 6.45) is 0. The van der Waals surface area contributed by atoms with Crippen LogP contribution in [0.2, 0.25) is 0 Å². The van der Waals surface area contributed by atoms with Crippen molar-refractivity contribution in [1.82, 2.24) is 4.90 Å². The number of aliphatic hydroxyl groups is 1. The van der Waals surface area contributed by atoms with Gasteiger partial charge >= 0.3 is 0 Å². The second-order valence-corrected chi connectivity index (χ2v) is 5.58. The highest BCUT2D eigenvalue weighted by atomic mass is 79.9. The fourth-order valence-corrected chi connectivity index (χ4v) is 2.63. The van der Waals surface area contributed by atoms with E-state index < -0.39 is 0 Å². The molecule has 0 aromatic heterocycles. The molecule has 1 saturated heterocycles. The fourth-order valence-electron chi connectivity index (χ4n) is 2.27. The fraction of sp³-hybridized carbons (Fsp3) is 0.538. The van der Waals surface area contributed by atoms with Crippen molar-refractivity contribution in [2.75, 3.05) is 38.2 Å². The molecule has 0 amide bonds. The van der Waals surface area contributed by atoms with E-state index in [0.717, 1.165) is 24.1 Å². The summed E-state index contributed by atoms with van der Waals surface area (Å²) < 4.78 is 1.13. The molecule has 0 aliphatic carbocycles. The Bertz CT molecular complexity index is 397. The first-order chi connectivity index (χ1) is 8.11. The van der Waals surface area contributed by atoms with Crippen molar-refractivity contribution in [2.24, 2.45) is 0 Å². The van der Waals surface area contributed by atoms with Crippen LogP contribution in [0, 0.1) is 6.92 Å². The molecule has 94 valence electrons. The standard InChI is InChI=1S/C13H19BrN2O/c1-10-3-4-11(7-13(10)14)16-6-5-15(2)8-12(16)9-17/h3-4,7,12,17H,5-6,8-9H2,1-2H3. The van der Waals surface area contributed by atoms with Crippen LogP contribution in [-0.2, 0) is 0 Å². The molecule has 2 rings (SSSR count). The summed E-state index contributed by atoms with van der Waals surface area (Å²) in [4.78, 5) is 4.56. The van der Waals surface area contributed by atoms with E-state index in [1.807, 2.05) is 0 Å². The lowest BCUT2D eigenvalue weighted by molar-refractivity contribution is 0.191. The third-order valence-corrected chi connectivity index (χ3v) is 4.24. The zero-order valence-corrected chi connectivity index (χ0v) is 11.9. The zero-order chi connectivity index (χ0) is 12.4. The van der Waals surface area contributed by atoms with Crippen LogP contribution in [0.1, 0.15) is 5.56 Å². The number of aryl methyl sites for hydroxylation is 1. The summed E-state index contributed by atoms with van der Waals surface area (Å²) in [5, 5.41) is 9.48. The van der Waals surface area contributed by atoms with Crippen LogP contribution in [0.15, 0.2) is 22.7 Å². The molecule has 3 nitrogen and oxygen atoms in total. The number of anilines is 1. The minimum atomic E-state index is 0.198. The highest BCUT2D eigenvalue weighted by Crippen LogP contribution is 2.26. The number of benzene rings is 1. The minimum Gasteiger partial charge on any atom is -0.394 e. The van der Waals surface area contributed by atoms with Gasteiger partial charge in [-0.2, -0.15) is 0 Å². The van der Waals surface area contributed by atoms with Gasteiger partial charge in [0.2, 0.25) is 0 Å². The van der Waals surface area contributed by atoms with Crippen LogP contribution in [0.3, 0.4) is 0 Å². The van der Waals surface area contributed by atoms with Crippen LogP contribution in [0.4, 0.5) is 5.69 Å². The van der Waals surface area contributed by atoms with Gasteiger partial charge in [0.25, 0.3) is 0 Å². The van der Waals surface area contributed by atoms with Gasteiger partial charge in [-0.15, -0.1) is 0 Å². The summed E-state index contributed by atoms with van der Waals surface area (Å²) in [5.41, 5.74) is 2.43. The molecule has 17 heavy (non-hydrogen) atoms. The predicted octanol–water partition coefficient (Wildman–Crippen LogP) is 1.87. The van der Waals surface area contributed by atoms with Gasteiger partial charge in [0.05, 0.1) is 12.6 Å². The van der Waals surface area contributed by atoms with Gasteiger partial charge in [0.15, 0.2) is 0 Å². The molecule has 0 spiro atoms. The largest absolute Gasteiger partial charge is 0.394 e. The maximum absolute atomic E-state index is 9.48. The maximum Gasteiger partial charge on any atom is 0.0648 e. The molecule has 1 aliphatic rings. The number of likely N-dealkylation sites (N-methyl/N-ethyl adjacent to an activating group) is 1. The van der Waals surface area contributed by atoms with Crippen molar-refractivity contribution in [3.05, 3.63) is 28.2 Å². The molecule has 4 heteroatoms. The highest BCUT2D eigenvalue weighted by Gasteiger charge is 2.24. The number of piperazine rings is 1. The number of nitrogens with zero attached hydrogens (tertiary/aromatic N) is 2. The van der Waals surface area contributed by atoms with E-state index in [0.29, 0.717) is 0 Å². The molecule has 1 atom stereocenters. The molecule has 1 unspecified atom stereocenters. The van der Waals surface area contributed by atoms with Gasteiger partial charge < -0.3 is 14.9 Å². The first kappa shape index (κ1) is 12.9. The van der Waals surface area contributed by atoms with Crippen LogP contribution >= 0.6 is 15.9 Å². The number of hydrogen-bond acceptors (Lipinski definition) is 3. The summed E-state index contributed by atoms with van der Waals surface area (Å²) in [6.45, 7) is 5.22. The van der Waals surface area contributed by atoms with Gasteiger partial charge in [0, 0.05) is 29.8 Å². The average Bonchev–Trinajstić information content (AvgIpc) is 2.32. The van der Waals surface area contributed by atoms with E-state index in [4.69, 9.17) is 0 Å². The van der Waals surface area contributed by atoms with Crippen molar-refractivity contribution in [2.45, 2.75) is 13.0 Å². The van der Waals surface area contributed by atoms with Crippen molar-refractivity contribution >= 4 is 21.6 Å². The number of halogens is 1. The number of aliphatic hydroxyl groups excluding tert-OH is 1. The van der Waals surface area contributed by atoms with E-state index in [-0.39, 0.29) is 12.6 Å². The molecular formula is C13H19BrN2O. The summed E-state index contributed by atoms with van der Waals surface area (Å²) in [5.74, 6) is 0. The Morgan fingerprint density at radius 3 is 2.82 bits per heavy atom. The Labute approximate surface area is 111 Å². The Hall–Kier alpha value is -0.580. The Balaban J connectivity index is 2.22. The normalized spacial score (nSPS) is 21.9. The maximum atomic E-state index is 9.48. The lowest BCUT2D eigenvalue weighted by Gasteiger charge is -2.40. The van der Waals surface area contributed by atoms with Gasteiger partial charge in [-0.25, -0.2) is 0 Å². The van der Waals surface area contributed by atoms with Gasteiger partial charge in [-0.1, -0.05) is 22.0 Å². The predicted molar refractivity (Wildman–Crippen MR) is 74.6 cm³/mol. The van der Waals surface area contributed by atoms with Gasteiger partial charge in [-0.05, 0) is 31.7 Å². The molecule has 0 saturated carbocycles. The van der Waals surface area contributed by atoms with Crippen LogP contribution in [-0.4, -0.2) is 49.3 Å². The molecule has 0 radical (unpaired) electrons. The van der Waals surface area contributed by atoms with E-state index in [1.165, 1.54) is 11.3 Å². The Morgan fingerprint density at radius 1 is 1.41 bits per heavy atom. The highest BCUT2D eigenvalue weighted by molar-refractivity contribution is 9.10. The lowest BCUT2D eigenvalue weighted by Crippen LogP contribution is -2.53. The quantitative estimate of drug-likeness (QED) is 0.903. The first-order valence-corrected chi connectivity index (χ1v) is 6.73. The SMILES string of the molecule is Cc1ccc(N2CCN(C)CC2CO)cc1Br. The third-order valence-electron chi connectivity index (χ3n) is 3.38. The van der Waals surface area contributed by atoms with Crippen LogP contribution in [0.25, 0.3) is 0 Å². The van der Waals surface area contributed by atoms with Crippen molar-refractivity contribution in [3.63, 3.8) is 0 Å². The van der Waals surface area contributed by atoms with Crippen LogP contribution in [0.5, 0.6) is 0 Å². The number of hydrogen-bond donors (Lipinski definition) is 1. The second kappa shape index (κ2) is 5.38. The monoisotopic (exact) mass is 298 g/mol. The molecule has 1 aromatic carbocycles. The van der Waals surface area contributed by atoms with Gasteiger partial charge in [0.1, 0.15) is 0 Å². The van der Waals surface area contributed by atoms with E-state index in [1.54, 1.807) is 0 Å². The lowest BCUT2D eigenvalue weighted by atomic mass is 10.1. The topological polar surface area (TPSA) is 26.7 Å². The molecular weight excluding hydrogens is 280 g/mol. The third kappa shape index (κ3) is 2.81. The molecule has 1 aliphatic heterocycles. The molecule has 1 fully saturated rings. The van der Waals surface area contributed by atoms with Crippen molar-refractivity contribution < 1.29 is 5.11 Å². The summed E-state index contributed by atoms with van der Waals surface area (Å²) in [7, 11) is 2.10. The zero-order valence-electron chi connectivity index (χ0n) is 10.4. The van der Waals surface area contributed by atoms with E-state index in [2.05, 4.69) is 57.9 Å². The molecule has 1 aromatic rings.